The van der Waals surface area contributed by atoms with E-state index in [4.69, 9.17) is 0 Å². The lowest BCUT2D eigenvalue weighted by Crippen LogP contribution is -2.63. The van der Waals surface area contributed by atoms with Crippen LogP contribution in [0.25, 0.3) is 32.9 Å². The van der Waals surface area contributed by atoms with Gasteiger partial charge in [-0.3, -0.25) is 38.4 Å². The van der Waals surface area contributed by atoms with Gasteiger partial charge in [0.1, 0.15) is 0 Å². The topological polar surface area (TPSA) is 217 Å². The van der Waals surface area contributed by atoms with Crippen molar-refractivity contribution in [3.05, 3.63) is 120 Å². The van der Waals surface area contributed by atoms with Gasteiger partial charge in [0.15, 0.2) is 0 Å². The largest absolute Gasteiger partial charge is 0.359 e. The number of anilines is 2. The molecule has 392 valence electrons. The third-order valence-corrected chi connectivity index (χ3v) is 14.0. The molecule has 8 rings (SSSR count). The average molecular weight is 1020 g/mol. The summed E-state index contributed by atoms with van der Waals surface area (Å²) >= 11 is 0. The van der Waals surface area contributed by atoms with Gasteiger partial charge in [0.05, 0.1) is 45.6 Å². The smallest absolute Gasteiger partial charge is 0.295 e. The van der Waals surface area contributed by atoms with E-state index in [9.17, 15) is 38.4 Å². The number of carbonyl (C=O) groups is 8. The number of amides is 6. The summed E-state index contributed by atoms with van der Waals surface area (Å²) < 4.78 is 0. The quantitative estimate of drug-likeness (QED) is 0.0498. The van der Waals surface area contributed by atoms with Crippen molar-refractivity contribution in [3.8, 4) is 11.1 Å². The summed E-state index contributed by atoms with van der Waals surface area (Å²) in [5.74, 6) is -3.26. The van der Waals surface area contributed by atoms with Crippen molar-refractivity contribution in [1.82, 2.24) is 34.9 Å². The standard InChI is InChI=1S/C58H67N9O8/c1-35(2)14-12-19-47(68)63-46-29-40(28-42-44(31-60-50(42)46)51(70)55(74)66-26-24-64(33-36(66)3)53(72)38-15-10-9-11-16-38)37-20-22-39(23-21-37)54(73)65-25-27-67(58(7,8)34-65)56(75)52(71)43-30-59-49-41(43)17-13-18-45(49)62-48(69)32-61-57(4,5)6/h9-11,13,15-18,20-23,28-31,35-36,59-61H,12,14,19,24-27,32-34H2,1-8H3,(H,62,69)(H,63,68)/t36-/m1/s1. The van der Waals surface area contributed by atoms with Gasteiger partial charge in [0.2, 0.25) is 11.8 Å². The third-order valence-electron chi connectivity index (χ3n) is 14.0. The maximum absolute atomic E-state index is 14.2. The molecule has 0 bridgehead atoms. The van der Waals surface area contributed by atoms with Crippen molar-refractivity contribution >= 4 is 80.2 Å². The first kappa shape index (κ1) is 53.4. The number of aromatic amines is 2. The van der Waals surface area contributed by atoms with Gasteiger partial charge in [-0.2, -0.15) is 0 Å². The molecule has 2 saturated heterocycles. The molecule has 4 heterocycles. The van der Waals surface area contributed by atoms with Crippen LogP contribution < -0.4 is 16.0 Å². The van der Waals surface area contributed by atoms with Gasteiger partial charge >= 0.3 is 0 Å². The number of fused-ring (bicyclic) bond motifs is 2. The zero-order valence-corrected chi connectivity index (χ0v) is 44.0. The second-order valence-electron chi connectivity index (χ2n) is 21.8. The molecular formula is C58H67N9O8. The van der Waals surface area contributed by atoms with Crippen LogP contribution in [-0.2, 0) is 19.2 Å². The molecule has 2 aliphatic rings. The predicted molar refractivity (Wildman–Crippen MR) is 290 cm³/mol. The van der Waals surface area contributed by atoms with Crippen LogP contribution >= 0.6 is 0 Å². The minimum absolute atomic E-state index is 0.0886. The highest BCUT2D eigenvalue weighted by Gasteiger charge is 2.41. The van der Waals surface area contributed by atoms with Crippen LogP contribution in [-0.4, -0.2) is 140 Å². The molecule has 0 spiro atoms. The van der Waals surface area contributed by atoms with E-state index < -0.39 is 35.0 Å². The van der Waals surface area contributed by atoms with Crippen LogP contribution in [0.15, 0.2) is 97.3 Å². The Morgan fingerprint density at radius 3 is 1.93 bits per heavy atom. The fourth-order valence-corrected chi connectivity index (χ4v) is 9.94. The number of H-pyrrole nitrogens is 2. The number of hydrogen-bond acceptors (Lipinski definition) is 9. The molecule has 6 amide bonds. The predicted octanol–water partition coefficient (Wildman–Crippen LogP) is 7.91. The lowest BCUT2D eigenvalue weighted by atomic mass is 9.95. The van der Waals surface area contributed by atoms with E-state index in [0.717, 1.165) is 6.42 Å². The molecule has 0 aliphatic carbocycles. The molecule has 0 radical (unpaired) electrons. The number of nitrogens with zero attached hydrogens (tertiary/aromatic N) is 4. The second-order valence-corrected chi connectivity index (χ2v) is 21.8. The van der Waals surface area contributed by atoms with E-state index in [1.54, 1.807) is 88.7 Å². The summed E-state index contributed by atoms with van der Waals surface area (Å²) in [5.41, 5.74) is 3.30. The maximum atomic E-state index is 14.2. The van der Waals surface area contributed by atoms with Crippen LogP contribution in [0.1, 0.15) is 116 Å². The zero-order valence-electron chi connectivity index (χ0n) is 44.0. The van der Waals surface area contributed by atoms with Gasteiger partial charge in [0.25, 0.3) is 35.2 Å². The Morgan fingerprint density at radius 2 is 1.28 bits per heavy atom. The molecule has 2 aliphatic heterocycles. The van der Waals surface area contributed by atoms with Gasteiger partial charge < -0.3 is 45.5 Å². The molecule has 6 aromatic rings. The van der Waals surface area contributed by atoms with Gasteiger partial charge in [-0.25, -0.2) is 0 Å². The molecule has 0 unspecified atom stereocenters. The monoisotopic (exact) mass is 1020 g/mol. The number of nitrogens with one attached hydrogen (secondary N) is 5. The highest BCUT2D eigenvalue weighted by atomic mass is 16.2. The van der Waals surface area contributed by atoms with Crippen molar-refractivity contribution in [3.63, 3.8) is 0 Å². The molecule has 1 atom stereocenters. The number of ketones is 2. The van der Waals surface area contributed by atoms with E-state index in [2.05, 4.69) is 39.8 Å². The van der Waals surface area contributed by atoms with E-state index in [-0.39, 0.29) is 86.1 Å². The van der Waals surface area contributed by atoms with E-state index in [1.807, 2.05) is 47.6 Å². The Balaban J connectivity index is 0.970. The molecule has 2 aromatic heterocycles. The third kappa shape index (κ3) is 11.9. The van der Waals surface area contributed by atoms with Gasteiger partial charge in [0, 0.05) is 91.6 Å². The fraction of sp³-hybridized carbons (Fsp3) is 0.379. The normalized spacial score (nSPS) is 15.8. The van der Waals surface area contributed by atoms with Crippen molar-refractivity contribution in [2.75, 3.05) is 56.4 Å². The minimum Gasteiger partial charge on any atom is -0.359 e. The van der Waals surface area contributed by atoms with Crippen molar-refractivity contribution in [2.45, 2.75) is 91.8 Å². The summed E-state index contributed by atoms with van der Waals surface area (Å²) in [4.78, 5) is 122. The SMILES string of the molecule is CC(C)CCCC(=O)Nc1cc(-c2ccc(C(=O)N3CCN(C(=O)C(=O)c4c[nH]c5c(NC(=O)CNC(C)(C)C)cccc45)C(C)(C)C3)cc2)cc2c(C(=O)C(=O)N3CCN(C(=O)c4ccccc4)C[C@H]3C)c[nH]c12. The number of Topliss-reactive ketones (excluding diaryl/α,β-unsaturated/α-hetero) is 2. The summed E-state index contributed by atoms with van der Waals surface area (Å²) in [6, 6.07) is 24.2. The van der Waals surface area contributed by atoms with Crippen LogP contribution in [0.4, 0.5) is 11.4 Å². The summed E-state index contributed by atoms with van der Waals surface area (Å²) in [6.07, 6.45) is 4.84. The van der Waals surface area contributed by atoms with Crippen LogP contribution in [0, 0.1) is 5.92 Å². The second kappa shape index (κ2) is 21.9. The molecule has 17 heteroatoms. The fourth-order valence-electron chi connectivity index (χ4n) is 9.94. The van der Waals surface area contributed by atoms with Crippen molar-refractivity contribution in [1.29, 1.82) is 0 Å². The lowest BCUT2D eigenvalue weighted by Gasteiger charge is -2.46. The molecule has 4 aromatic carbocycles. The maximum Gasteiger partial charge on any atom is 0.295 e. The molecular weight excluding hydrogens is 951 g/mol. The Bertz CT molecular complexity index is 3180. The Morgan fingerprint density at radius 1 is 0.667 bits per heavy atom. The average Bonchev–Trinajstić information content (AvgIpc) is 4.03. The Kier molecular flexibility index (Phi) is 15.6. The van der Waals surface area contributed by atoms with Gasteiger partial charge in [-0.05, 0) is 107 Å². The van der Waals surface area contributed by atoms with Crippen molar-refractivity contribution < 1.29 is 38.4 Å². The number of piperazine rings is 2. The van der Waals surface area contributed by atoms with Crippen LogP contribution in [0.5, 0.6) is 0 Å². The zero-order chi connectivity index (χ0) is 53.9. The van der Waals surface area contributed by atoms with Crippen LogP contribution in [0.2, 0.25) is 0 Å². The van der Waals surface area contributed by atoms with E-state index in [1.165, 1.54) is 22.2 Å². The summed E-state index contributed by atoms with van der Waals surface area (Å²) in [5, 5.41) is 10.0. The number of para-hydroxylation sites is 1. The Labute approximate surface area is 436 Å². The molecule has 75 heavy (non-hydrogen) atoms. The number of carbonyl (C=O) groups excluding carboxylic acids is 8. The first-order valence-electron chi connectivity index (χ1n) is 25.7. The number of rotatable bonds is 15. The van der Waals surface area contributed by atoms with Crippen LogP contribution in [0.3, 0.4) is 0 Å². The summed E-state index contributed by atoms with van der Waals surface area (Å²) in [6.45, 7) is 16.8. The first-order chi connectivity index (χ1) is 35.6. The van der Waals surface area contributed by atoms with Crippen molar-refractivity contribution in [2.24, 2.45) is 5.92 Å². The molecule has 5 N–H and O–H groups in total. The lowest BCUT2D eigenvalue weighted by molar-refractivity contribution is -0.134. The number of benzene rings is 4. The number of aromatic nitrogens is 2. The highest BCUT2D eigenvalue weighted by Crippen LogP contribution is 2.35. The molecule has 17 nitrogen and oxygen atoms in total. The Hall–Kier alpha value is -7.92. The molecule has 0 saturated carbocycles. The van der Waals surface area contributed by atoms with Gasteiger partial charge in [-0.1, -0.05) is 62.7 Å². The van der Waals surface area contributed by atoms with E-state index in [0.29, 0.717) is 74.2 Å². The highest BCUT2D eigenvalue weighted by molar-refractivity contribution is 6.46. The minimum atomic E-state index is -0.919. The first-order valence-corrected chi connectivity index (χ1v) is 25.7. The number of hydrogen-bond donors (Lipinski definition) is 5. The molecule has 2 fully saturated rings. The summed E-state index contributed by atoms with van der Waals surface area (Å²) in [7, 11) is 0. The van der Waals surface area contributed by atoms with E-state index >= 15 is 0 Å². The van der Waals surface area contributed by atoms with Gasteiger partial charge in [-0.15, -0.1) is 0 Å².